The van der Waals surface area contributed by atoms with Gasteiger partial charge in [0.15, 0.2) is 0 Å². The van der Waals surface area contributed by atoms with Gasteiger partial charge in [-0.2, -0.15) is 0 Å². The van der Waals surface area contributed by atoms with Crippen molar-refractivity contribution < 1.29 is 9.13 Å². The maximum atomic E-state index is 14.4. The van der Waals surface area contributed by atoms with Crippen LogP contribution in [0, 0.1) is 26.3 Å². The molecule has 0 unspecified atom stereocenters. The summed E-state index contributed by atoms with van der Waals surface area (Å²) in [5.74, 6) is 0. The van der Waals surface area contributed by atoms with Crippen LogP contribution in [0.15, 0.2) is 30.3 Å². The van der Waals surface area contributed by atoms with E-state index >= 15 is 0 Å². The molecular weight excluding hydrogens is 582 g/mol. The molecule has 4 fully saturated rings. The first kappa shape index (κ1) is 34.5. The molecule has 0 heterocycles. The molecule has 0 spiro atoms. The lowest BCUT2D eigenvalue weighted by Crippen LogP contribution is -2.33. The average molecular weight is 633 g/mol. The molecule has 0 aromatic heterocycles. The van der Waals surface area contributed by atoms with Crippen molar-refractivity contribution in [1.29, 1.82) is 0 Å². The van der Waals surface area contributed by atoms with Crippen molar-refractivity contribution in [3.63, 3.8) is 0 Å². The molecule has 6 nitrogen and oxygen atoms in total. The summed E-state index contributed by atoms with van der Waals surface area (Å²) in [4.78, 5) is 14.7. The van der Waals surface area contributed by atoms with E-state index in [2.05, 4.69) is 26.3 Å². The zero-order valence-electron chi connectivity index (χ0n) is 26.5. The van der Waals surface area contributed by atoms with Crippen molar-refractivity contribution in [2.24, 2.45) is 0 Å². The summed E-state index contributed by atoms with van der Waals surface area (Å²) in [5.41, 5.74) is 1.18. The first-order valence-electron chi connectivity index (χ1n) is 17.0. The summed E-state index contributed by atoms with van der Waals surface area (Å²) in [5, 5.41) is 1.03. The minimum Gasteiger partial charge on any atom is -0.323 e. The van der Waals surface area contributed by atoms with E-state index in [9.17, 15) is 9.13 Å². The van der Waals surface area contributed by atoms with Crippen molar-refractivity contribution >= 4 is 19.6 Å². The van der Waals surface area contributed by atoms with Gasteiger partial charge < -0.3 is 28.5 Å². The Labute approximate surface area is 266 Å². The van der Waals surface area contributed by atoms with Gasteiger partial charge in [-0.15, -0.1) is 0 Å². The van der Waals surface area contributed by atoms with E-state index in [1.165, 1.54) is 0 Å². The Morgan fingerprint density at radius 1 is 0.523 bits per heavy atom. The van der Waals surface area contributed by atoms with Crippen LogP contribution in [0.2, 0.25) is 0 Å². The van der Waals surface area contributed by atoms with Crippen LogP contribution in [0.3, 0.4) is 0 Å². The van der Waals surface area contributed by atoms with Crippen LogP contribution >= 0.6 is 14.3 Å². The first-order chi connectivity index (χ1) is 21.3. The number of hydrogen-bond donors (Lipinski definition) is 0. The third kappa shape index (κ3) is 7.88. The molecule has 0 N–H and O–H groups in total. The van der Waals surface area contributed by atoms with Gasteiger partial charge in [0.2, 0.25) is 24.2 Å². The van der Waals surface area contributed by atoms with Crippen LogP contribution in [-0.4, -0.2) is 53.0 Å². The molecule has 4 aliphatic carbocycles. The van der Waals surface area contributed by atoms with Crippen molar-refractivity contribution in [3.8, 4) is 0 Å². The van der Waals surface area contributed by atoms with Crippen LogP contribution in [0.25, 0.3) is 19.4 Å². The highest BCUT2D eigenvalue weighted by Crippen LogP contribution is 2.63. The summed E-state index contributed by atoms with van der Waals surface area (Å²) in [6.07, 6.45) is 15.8. The second kappa shape index (κ2) is 16.3. The number of hydrogen-bond acceptors (Lipinski definition) is 2. The highest BCUT2D eigenvalue weighted by Gasteiger charge is 2.46. The zero-order valence-corrected chi connectivity index (χ0v) is 28.3. The van der Waals surface area contributed by atoms with Gasteiger partial charge in [-0.3, -0.25) is 0 Å². The molecule has 1 aromatic rings. The molecule has 0 amide bonds. The standard InChI is InChI=1S/C20H25N2OP.C16H25N2OP/c1-21-16-8-12-19(13-9-16)24(23,18-6-4-3-5-7-18)20-14-10-17(22-2)11-15-20;1-4-20(19,15-9-5-13(17-2)6-10-15)16-11-7-14(18-3)8-12-16/h3-7,16-17,19-20H,8-15H2;13-16H,4-12H2,1H3. The lowest BCUT2D eigenvalue weighted by atomic mass is 9.95. The highest BCUT2D eigenvalue weighted by molar-refractivity contribution is 7.73. The molecule has 8 heteroatoms. The second-order valence-electron chi connectivity index (χ2n) is 13.6. The molecule has 0 atom stereocenters. The lowest BCUT2D eigenvalue weighted by molar-refractivity contribution is 0.433. The molecular formula is C36H50N4O2P2. The SMILES string of the molecule is [C-]#[N+]C1CCC(P(=O)(CC)C2CCC([N+]#[C-])CC2)CC1.[C-]#[N+]C1CCC(P(=O)(c2ccccc2)C2CCC([N+]#[C-])CC2)CC1. The van der Waals surface area contributed by atoms with Gasteiger partial charge in [0.05, 0.1) is 7.14 Å². The van der Waals surface area contributed by atoms with E-state index < -0.39 is 14.3 Å². The molecule has 44 heavy (non-hydrogen) atoms. The van der Waals surface area contributed by atoms with Crippen molar-refractivity contribution in [1.82, 2.24) is 0 Å². The Bertz CT molecular complexity index is 1250. The maximum absolute atomic E-state index is 14.4. The van der Waals surface area contributed by atoms with Crippen molar-refractivity contribution in [2.75, 3.05) is 6.16 Å². The van der Waals surface area contributed by atoms with Crippen LogP contribution in [0.4, 0.5) is 0 Å². The lowest BCUT2D eigenvalue weighted by Gasteiger charge is -2.38. The fourth-order valence-electron chi connectivity index (χ4n) is 8.59. The number of benzene rings is 1. The third-order valence-corrected chi connectivity index (χ3v) is 20.2. The van der Waals surface area contributed by atoms with Gasteiger partial charge in [-0.05, 0) is 57.5 Å². The fourth-order valence-corrected chi connectivity index (χ4v) is 16.8. The van der Waals surface area contributed by atoms with Crippen LogP contribution < -0.4 is 5.30 Å². The van der Waals surface area contributed by atoms with Gasteiger partial charge in [0.25, 0.3) is 0 Å². The molecule has 1 aromatic carbocycles. The summed E-state index contributed by atoms with van der Waals surface area (Å²) in [6, 6.07) is 10.7. The van der Waals surface area contributed by atoms with Crippen LogP contribution in [0.1, 0.15) is 110 Å². The minimum absolute atomic E-state index is 0.128. The molecule has 236 valence electrons. The van der Waals surface area contributed by atoms with Gasteiger partial charge in [-0.25, -0.2) is 26.3 Å². The number of nitrogens with zero attached hydrogens (tertiary/aromatic N) is 4. The highest BCUT2D eigenvalue weighted by atomic mass is 31.2. The normalized spacial score (nSPS) is 34.9. The predicted octanol–water partition coefficient (Wildman–Crippen LogP) is 9.97. The molecule has 4 aliphatic rings. The first-order valence-corrected chi connectivity index (χ1v) is 20.9. The van der Waals surface area contributed by atoms with E-state index in [-0.39, 0.29) is 35.5 Å². The Kier molecular flexibility index (Phi) is 12.8. The van der Waals surface area contributed by atoms with Gasteiger partial charge in [-0.1, -0.05) is 37.3 Å². The topological polar surface area (TPSA) is 51.6 Å². The summed E-state index contributed by atoms with van der Waals surface area (Å²) >= 11 is 0. The van der Waals surface area contributed by atoms with Crippen molar-refractivity contribution in [3.05, 3.63) is 76.0 Å². The Morgan fingerprint density at radius 3 is 1.09 bits per heavy atom. The molecule has 5 rings (SSSR count). The van der Waals surface area contributed by atoms with E-state index in [1.807, 2.05) is 30.3 Å². The van der Waals surface area contributed by atoms with E-state index in [0.29, 0.717) is 11.3 Å². The molecule has 4 saturated carbocycles. The van der Waals surface area contributed by atoms with E-state index in [1.54, 1.807) is 0 Å². The molecule has 0 aliphatic heterocycles. The third-order valence-electron chi connectivity index (χ3n) is 11.4. The maximum Gasteiger partial charge on any atom is 0.223 e. The van der Waals surface area contributed by atoms with Crippen LogP contribution in [0.5, 0.6) is 0 Å². The number of rotatable bonds is 6. The molecule has 0 saturated heterocycles. The summed E-state index contributed by atoms with van der Waals surface area (Å²) < 4.78 is 27.9. The van der Waals surface area contributed by atoms with Gasteiger partial charge in [0.1, 0.15) is 7.14 Å². The predicted molar refractivity (Wildman–Crippen MR) is 182 cm³/mol. The Hall–Kier alpha value is -2.36. The smallest absolute Gasteiger partial charge is 0.223 e. The minimum atomic E-state index is -2.50. The zero-order chi connectivity index (χ0) is 31.6. The summed E-state index contributed by atoms with van der Waals surface area (Å²) in [6.45, 7) is 30.8. The largest absolute Gasteiger partial charge is 0.323 e. The summed E-state index contributed by atoms with van der Waals surface area (Å²) in [7, 11) is -4.63. The van der Waals surface area contributed by atoms with E-state index in [4.69, 9.17) is 26.3 Å². The van der Waals surface area contributed by atoms with Gasteiger partial charge in [0, 0.05) is 79.3 Å². The fraction of sp³-hybridized carbons (Fsp3) is 0.722. The van der Waals surface area contributed by atoms with Crippen LogP contribution in [-0.2, 0) is 9.13 Å². The Balaban J connectivity index is 0.000000204. The quantitative estimate of drug-likeness (QED) is 0.232. The molecule has 0 bridgehead atoms. The van der Waals surface area contributed by atoms with E-state index in [0.717, 1.165) is 114 Å². The van der Waals surface area contributed by atoms with Crippen molar-refractivity contribution in [2.45, 2.75) is 156 Å². The monoisotopic (exact) mass is 632 g/mol. The Morgan fingerprint density at radius 2 is 0.818 bits per heavy atom. The van der Waals surface area contributed by atoms with Gasteiger partial charge >= 0.3 is 0 Å². The average Bonchev–Trinajstić information content (AvgIpc) is 3.11. The second-order valence-corrected chi connectivity index (χ2v) is 20.8. The molecule has 0 radical (unpaired) electrons.